The van der Waals surface area contributed by atoms with Crippen LogP contribution in [0.1, 0.15) is 32.2 Å². The first-order valence-corrected chi connectivity index (χ1v) is 6.17. The van der Waals surface area contributed by atoms with E-state index in [1.54, 1.807) is 23.9 Å². The van der Waals surface area contributed by atoms with Gasteiger partial charge in [0.2, 0.25) is 0 Å². The number of aliphatic carboxylic acids is 1. The summed E-state index contributed by atoms with van der Waals surface area (Å²) >= 11 is 0. The van der Waals surface area contributed by atoms with E-state index in [0.717, 1.165) is 12.8 Å². The molecule has 2 rings (SSSR count). The zero-order valence-electron chi connectivity index (χ0n) is 10.3. The summed E-state index contributed by atoms with van der Waals surface area (Å²) in [7, 11) is 0. The van der Waals surface area contributed by atoms with Gasteiger partial charge in [-0.2, -0.15) is 0 Å². The molecule has 2 N–H and O–H groups in total. The molecule has 1 atom stereocenters. The van der Waals surface area contributed by atoms with Crippen LogP contribution in [-0.2, 0) is 4.79 Å². The maximum atomic E-state index is 12.0. The third-order valence-electron chi connectivity index (χ3n) is 3.17. The molecule has 1 aliphatic carbocycles. The molecule has 1 fully saturated rings. The van der Waals surface area contributed by atoms with Crippen molar-refractivity contribution < 1.29 is 9.90 Å². The second kappa shape index (κ2) is 5.20. The molecule has 0 radical (unpaired) electrons. The Balaban J connectivity index is 2.07. The minimum absolute atomic E-state index is 0.166. The highest BCUT2D eigenvalue weighted by atomic mass is 16.4. The second-order valence-electron chi connectivity index (χ2n) is 4.54. The summed E-state index contributed by atoms with van der Waals surface area (Å²) in [5.74, 6) is -1.12. The maximum absolute atomic E-state index is 12.0. The molecule has 1 heterocycles. The van der Waals surface area contributed by atoms with Crippen molar-refractivity contribution in [3.8, 4) is 0 Å². The van der Waals surface area contributed by atoms with E-state index in [0.29, 0.717) is 12.5 Å². The molecule has 0 aliphatic heterocycles. The fourth-order valence-corrected chi connectivity index (χ4v) is 1.81. The lowest BCUT2D eigenvalue weighted by Crippen LogP contribution is -2.28. The third-order valence-corrected chi connectivity index (χ3v) is 3.17. The van der Waals surface area contributed by atoms with E-state index in [1.807, 2.05) is 0 Å². The highest BCUT2D eigenvalue weighted by Gasteiger charge is 2.25. The van der Waals surface area contributed by atoms with Crippen molar-refractivity contribution in [2.45, 2.75) is 32.2 Å². The Hall–Kier alpha value is -1.85. The molecule has 6 nitrogen and oxygen atoms in total. The Morgan fingerprint density at radius 2 is 2.39 bits per heavy atom. The number of hydrogen-bond donors (Lipinski definition) is 2. The minimum atomic E-state index is -0.858. The normalized spacial score (nSPS) is 16.3. The summed E-state index contributed by atoms with van der Waals surface area (Å²) in [4.78, 5) is 26.9. The van der Waals surface area contributed by atoms with Crippen molar-refractivity contribution in [3.63, 3.8) is 0 Å². The molecule has 6 heteroatoms. The number of aromatic nitrogens is 2. The van der Waals surface area contributed by atoms with Gasteiger partial charge in [-0.1, -0.05) is 6.92 Å². The largest absolute Gasteiger partial charge is 0.481 e. The number of carboxylic acid groups (broad SMARTS) is 1. The molecule has 1 aliphatic rings. The summed E-state index contributed by atoms with van der Waals surface area (Å²) in [6, 6.07) is 0.294. The van der Waals surface area contributed by atoms with Crippen molar-refractivity contribution in [2.24, 2.45) is 5.92 Å². The molecule has 0 aromatic carbocycles. The van der Waals surface area contributed by atoms with Gasteiger partial charge in [-0.05, 0) is 19.3 Å². The van der Waals surface area contributed by atoms with Crippen LogP contribution in [0.15, 0.2) is 17.2 Å². The van der Waals surface area contributed by atoms with Crippen LogP contribution in [-0.4, -0.2) is 27.2 Å². The van der Waals surface area contributed by atoms with Crippen LogP contribution in [0.5, 0.6) is 0 Å². The van der Waals surface area contributed by atoms with Crippen LogP contribution >= 0.6 is 0 Å². The molecular formula is C12H17N3O3. The van der Waals surface area contributed by atoms with E-state index in [1.165, 1.54) is 0 Å². The number of nitrogens with zero attached hydrogens (tertiary/aromatic N) is 2. The maximum Gasteiger partial charge on any atom is 0.308 e. The molecular weight excluding hydrogens is 234 g/mol. The molecule has 1 aromatic rings. The first-order valence-electron chi connectivity index (χ1n) is 6.17. The summed E-state index contributed by atoms with van der Waals surface area (Å²) < 4.78 is 1.66. The zero-order chi connectivity index (χ0) is 13.1. The first-order chi connectivity index (χ1) is 8.63. The SMILES string of the molecule is CCC(CNc1nccn(C2CC2)c1=O)C(=O)O. The molecule has 98 valence electrons. The van der Waals surface area contributed by atoms with Gasteiger partial charge in [0.1, 0.15) is 0 Å². The van der Waals surface area contributed by atoms with Gasteiger partial charge >= 0.3 is 5.97 Å². The summed E-state index contributed by atoms with van der Waals surface area (Å²) in [5, 5.41) is 11.8. The van der Waals surface area contributed by atoms with Gasteiger partial charge in [-0.15, -0.1) is 0 Å². The smallest absolute Gasteiger partial charge is 0.308 e. The molecule has 0 saturated heterocycles. The van der Waals surface area contributed by atoms with Crippen molar-refractivity contribution in [2.75, 3.05) is 11.9 Å². The highest BCUT2D eigenvalue weighted by molar-refractivity contribution is 5.70. The standard InChI is InChI=1S/C12H17N3O3/c1-2-8(12(17)18)7-14-10-11(16)15(6-5-13-10)9-3-4-9/h5-6,8-9H,2-4,7H2,1H3,(H,13,14)(H,17,18). The lowest BCUT2D eigenvalue weighted by molar-refractivity contribution is -0.141. The van der Waals surface area contributed by atoms with Crippen LogP contribution in [0.25, 0.3) is 0 Å². The van der Waals surface area contributed by atoms with E-state index >= 15 is 0 Å². The van der Waals surface area contributed by atoms with Gasteiger partial charge < -0.3 is 15.0 Å². The molecule has 0 bridgehead atoms. The van der Waals surface area contributed by atoms with Crippen LogP contribution < -0.4 is 10.9 Å². The predicted octanol–water partition coefficient (Wildman–Crippen LogP) is 1.10. The van der Waals surface area contributed by atoms with E-state index in [9.17, 15) is 9.59 Å². The Labute approximate surface area is 105 Å². The number of anilines is 1. The Morgan fingerprint density at radius 3 is 2.94 bits per heavy atom. The minimum Gasteiger partial charge on any atom is -0.481 e. The quantitative estimate of drug-likeness (QED) is 0.791. The van der Waals surface area contributed by atoms with E-state index < -0.39 is 11.9 Å². The zero-order valence-corrected chi connectivity index (χ0v) is 10.3. The monoisotopic (exact) mass is 251 g/mol. The van der Waals surface area contributed by atoms with E-state index in [2.05, 4.69) is 10.3 Å². The Bertz CT molecular complexity index is 494. The van der Waals surface area contributed by atoms with Gasteiger partial charge in [0.15, 0.2) is 5.82 Å². The average molecular weight is 251 g/mol. The number of rotatable bonds is 6. The molecule has 0 amide bonds. The lowest BCUT2D eigenvalue weighted by atomic mass is 10.1. The number of carboxylic acids is 1. The van der Waals surface area contributed by atoms with Gasteiger partial charge in [-0.25, -0.2) is 4.98 Å². The van der Waals surface area contributed by atoms with Crippen LogP contribution in [0.4, 0.5) is 5.82 Å². The summed E-state index contributed by atoms with van der Waals surface area (Å²) in [6.45, 7) is 2.03. The Kier molecular flexibility index (Phi) is 3.64. The van der Waals surface area contributed by atoms with Crippen molar-refractivity contribution >= 4 is 11.8 Å². The van der Waals surface area contributed by atoms with E-state index in [-0.39, 0.29) is 17.9 Å². The van der Waals surface area contributed by atoms with Gasteiger partial charge in [0.05, 0.1) is 5.92 Å². The summed E-state index contributed by atoms with van der Waals surface area (Å²) in [5.41, 5.74) is -0.166. The Morgan fingerprint density at radius 1 is 1.67 bits per heavy atom. The summed E-state index contributed by atoms with van der Waals surface area (Å²) in [6.07, 6.45) is 5.82. The van der Waals surface area contributed by atoms with Crippen LogP contribution in [0.3, 0.4) is 0 Å². The highest BCUT2D eigenvalue weighted by Crippen LogP contribution is 2.33. The third kappa shape index (κ3) is 2.69. The molecule has 1 unspecified atom stereocenters. The second-order valence-corrected chi connectivity index (χ2v) is 4.54. The van der Waals surface area contributed by atoms with Crippen LogP contribution in [0.2, 0.25) is 0 Å². The predicted molar refractivity (Wildman–Crippen MR) is 66.7 cm³/mol. The fourth-order valence-electron chi connectivity index (χ4n) is 1.81. The topological polar surface area (TPSA) is 84.2 Å². The van der Waals surface area contributed by atoms with Crippen molar-refractivity contribution in [3.05, 3.63) is 22.7 Å². The van der Waals surface area contributed by atoms with Crippen LogP contribution in [0, 0.1) is 5.92 Å². The van der Waals surface area contributed by atoms with Gasteiger partial charge in [-0.3, -0.25) is 9.59 Å². The molecule has 1 aromatic heterocycles. The van der Waals surface area contributed by atoms with Gasteiger partial charge in [0, 0.05) is 25.0 Å². The number of hydrogen-bond acceptors (Lipinski definition) is 4. The number of carbonyl (C=O) groups is 1. The molecule has 0 spiro atoms. The molecule has 18 heavy (non-hydrogen) atoms. The van der Waals surface area contributed by atoms with Crippen molar-refractivity contribution in [1.82, 2.24) is 9.55 Å². The average Bonchev–Trinajstić information content (AvgIpc) is 3.15. The fraction of sp³-hybridized carbons (Fsp3) is 0.583. The molecule has 1 saturated carbocycles. The van der Waals surface area contributed by atoms with Gasteiger partial charge in [0.25, 0.3) is 5.56 Å². The first kappa shape index (κ1) is 12.6. The van der Waals surface area contributed by atoms with E-state index in [4.69, 9.17) is 5.11 Å². The van der Waals surface area contributed by atoms with Crippen molar-refractivity contribution in [1.29, 1.82) is 0 Å². The lowest BCUT2D eigenvalue weighted by Gasteiger charge is -2.12. The number of nitrogens with one attached hydrogen (secondary N) is 1.